The maximum atomic E-state index is 11.8. The van der Waals surface area contributed by atoms with Crippen LogP contribution >= 0.6 is 15.9 Å². The van der Waals surface area contributed by atoms with Gasteiger partial charge in [-0.25, -0.2) is 0 Å². The highest BCUT2D eigenvalue weighted by atomic mass is 79.9. The minimum Gasteiger partial charge on any atom is -0.397 e. The predicted molar refractivity (Wildman–Crippen MR) is 77.5 cm³/mol. The molecule has 1 heterocycles. The number of likely N-dealkylation sites (tertiary alicyclic amines) is 1. The molecule has 0 radical (unpaired) electrons. The second kappa shape index (κ2) is 6.09. The van der Waals surface area contributed by atoms with Crippen molar-refractivity contribution in [3.05, 3.63) is 22.7 Å². The van der Waals surface area contributed by atoms with Gasteiger partial charge in [-0.15, -0.1) is 0 Å². The Hall–Kier alpha value is -1.23. The fourth-order valence-corrected chi connectivity index (χ4v) is 2.50. The lowest BCUT2D eigenvalue weighted by atomic mass is 10.2. The van der Waals surface area contributed by atoms with Gasteiger partial charge in [0.2, 0.25) is 5.91 Å². The van der Waals surface area contributed by atoms with Crippen LogP contribution < -0.4 is 11.1 Å². The van der Waals surface area contributed by atoms with E-state index in [0.29, 0.717) is 18.7 Å². The molecule has 1 aliphatic rings. The molecular formula is C13H18BrN3O. The number of carbonyl (C=O) groups is 1. The summed E-state index contributed by atoms with van der Waals surface area (Å²) >= 11 is 3.36. The van der Waals surface area contributed by atoms with Gasteiger partial charge in [-0.3, -0.25) is 4.79 Å². The normalized spacial score (nSPS) is 14.8. The molecule has 1 saturated heterocycles. The third kappa shape index (κ3) is 3.38. The molecule has 1 amide bonds. The van der Waals surface area contributed by atoms with Crippen LogP contribution in [0.15, 0.2) is 22.7 Å². The van der Waals surface area contributed by atoms with Crippen LogP contribution in [-0.4, -0.2) is 30.4 Å². The third-order valence-corrected chi connectivity index (χ3v) is 3.62. The Morgan fingerprint density at radius 2 is 2.11 bits per heavy atom. The fraction of sp³-hybridized carbons (Fsp3) is 0.462. The van der Waals surface area contributed by atoms with Crippen molar-refractivity contribution in [2.24, 2.45) is 0 Å². The van der Waals surface area contributed by atoms with Crippen molar-refractivity contribution in [1.82, 2.24) is 4.90 Å². The van der Waals surface area contributed by atoms with Gasteiger partial charge in [-0.05, 0) is 31.0 Å². The molecule has 1 fully saturated rings. The Labute approximate surface area is 116 Å². The Kier molecular flexibility index (Phi) is 4.47. The first-order valence-corrected chi connectivity index (χ1v) is 7.03. The Bertz CT molecular complexity index is 430. The lowest BCUT2D eigenvalue weighted by Gasteiger charge is -2.16. The average molecular weight is 312 g/mol. The molecule has 0 aliphatic carbocycles. The minimum absolute atomic E-state index is 0.232. The van der Waals surface area contributed by atoms with Gasteiger partial charge in [0.1, 0.15) is 0 Å². The number of nitrogens with one attached hydrogen (secondary N) is 1. The van der Waals surface area contributed by atoms with E-state index in [2.05, 4.69) is 21.2 Å². The summed E-state index contributed by atoms with van der Waals surface area (Å²) in [5, 5.41) is 3.20. The summed E-state index contributed by atoms with van der Waals surface area (Å²) in [6.07, 6.45) is 2.80. The van der Waals surface area contributed by atoms with E-state index in [1.165, 1.54) is 0 Å². The topological polar surface area (TPSA) is 58.4 Å². The van der Waals surface area contributed by atoms with E-state index in [4.69, 9.17) is 5.73 Å². The minimum atomic E-state index is 0.232. The predicted octanol–water partition coefficient (Wildman–Crippen LogP) is 2.46. The number of nitrogens with two attached hydrogens (primary N) is 1. The van der Waals surface area contributed by atoms with Crippen LogP contribution in [0.5, 0.6) is 0 Å². The Morgan fingerprint density at radius 3 is 2.78 bits per heavy atom. The number of hydrogen-bond donors (Lipinski definition) is 2. The summed E-state index contributed by atoms with van der Waals surface area (Å²) in [7, 11) is 0. The first kappa shape index (κ1) is 13.2. The zero-order chi connectivity index (χ0) is 13.0. The van der Waals surface area contributed by atoms with Crippen molar-refractivity contribution in [2.75, 3.05) is 30.7 Å². The zero-order valence-electron chi connectivity index (χ0n) is 10.3. The second-order valence-corrected chi connectivity index (χ2v) is 5.41. The lowest BCUT2D eigenvalue weighted by molar-refractivity contribution is -0.129. The van der Waals surface area contributed by atoms with Crippen LogP contribution in [0.4, 0.5) is 11.4 Å². The number of halogens is 1. The number of amides is 1. The summed E-state index contributed by atoms with van der Waals surface area (Å²) < 4.78 is 0.957. The Balaban J connectivity index is 1.79. The van der Waals surface area contributed by atoms with Gasteiger partial charge in [-0.2, -0.15) is 0 Å². The molecule has 0 atom stereocenters. The summed E-state index contributed by atoms with van der Waals surface area (Å²) in [4.78, 5) is 13.8. The van der Waals surface area contributed by atoms with Gasteiger partial charge in [0, 0.05) is 30.5 Å². The molecule has 3 N–H and O–H groups in total. The summed E-state index contributed by atoms with van der Waals surface area (Å²) in [6, 6.07) is 5.70. The van der Waals surface area contributed by atoms with E-state index in [1.807, 2.05) is 23.1 Å². The van der Waals surface area contributed by atoms with Gasteiger partial charge >= 0.3 is 0 Å². The molecule has 5 heteroatoms. The number of carbonyl (C=O) groups excluding carboxylic acids is 1. The third-order valence-electron chi connectivity index (χ3n) is 3.13. The maximum Gasteiger partial charge on any atom is 0.224 e. The molecule has 0 bridgehead atoms. The van der Waals surface area contributed by atoms with Crippen LogP contribution in [0.1, 0.15) is 19.3 Å². The number of rotatable bonds is 4. The number of nitrogen functional groups attached to an aromatic ring is 1. The van der Waals surface area contributed by atoms with E-state index in [0.717, 1.165) is 36.1 Å². The smallest absolute Gasteiger partial charge is 0.224 e. The van der Waals surface area contributed by atoms with Crippen molar-refractivity contribution >= 4 is 33.2 Å². The first-order valence-electron chi connectivity index (χ1n) is 6.23. The molecular weight excluding hydrogens is 294 g/mol. The number of nitrogens with zero attached hydrogens (tertiary/aromatic N) is 1. The van der Waals surface area contributed by atoms with Gasteiger partial charge in [0.15, 0.2) is 0 Å². The summed E-state index contributed by atoms with van der Waals surface area (Å²) in [5.41, 5.74) is 7.45. The molecule has 4 nitrogen and oxygen atoms in total. The SMILES string of the molecule is Nc1cc(Br)ccc1NCCC(=O)N1CCCC1. The molecule has 0 unspecified atom stereocenters. The van der Waals surface area contributed by atoms with Crippen molar-refractivity contribution in [3.63, 3.8) is 0 Å². The zero-order valence-corrected chi connectivity index (χ0v) is 11.9. The molecule has 18 heavy (non-hydrogen) atoms. The average Bonchev–Trinajstić information content (AvgIpc) is 2.85. The largest absolute Gasteiger partial charge is 0.397 e. The Morgan fingerprint density at radius 1 is 1.39 bits per heavy atom. The molecule has 2 rings (SSSR count). The van der Waals surface area contributed by atoms with Crippen LogP contribution in [0.25, 0.3) is 0 Å². The van der Waals surface area contributed by atoms with Crippen molar-refractivity contribution in [1.29, 1.82) is 0 Å². The van der Waals surface area contributed by atoms with Crippen molar-refractivity contribution < 1.29 is 4.79 Å². The van der Waals surface area contributed by atoms with Gasteiger partial charge < -0.3 is 16.0 Å². The second-order valence-electron chi connectivity index (χ2n) is 4.50. The van der Waals surface area contributed by atoms with Crippen molar-refractivity contribution in [3.8, 4) is 0 Å². The van der Waals surface area contributed by atoms with E-state index < -0.39 is 0 Å². The van der Waals surface area contributed by atoms with Crippen LogP contribution in [-0.2, 0) is 4.79 Å². The van der Waals surface area contributed by atoms with Gasteiger partial charge in [-0.1, -0.05) is 15.9 Å². The maximum absolute atomic E-state index is 11.8. The molecule has 0 spiro atoms. The van der Waals surface area contributed by atoms with E-state index in [1.54, 1.807) is 0 Å². The summed E-state index contributed by atoms with van der Waals surface area (Å²) in [6.45, 7) is 2.46. The summed E-state index contributed by atoms with van der Waals surface area (Å²) in [5.74, 6) is 0.232. The fourth-order valence-electron chi connectivity index (χ4n) is 2.12. The number of hydrogen-bond acceptors (Lipinski definition) is 3. The van der Waals surface area contributed by atoms with Crippen LogP contribution in [0.3, 0.4) is 0 Å². The van der Waals surface area contributed by atoms with Crippen LogP contribution in [0.2, 0.25) is 0 Å². The molecule has 0 saturated carbocycles. The quantitative estimate of drug-likeness (QED) is 0.840. The van der Waals surface area contributed by atoms with Crippen molar-refractivity contribution in [2.45, 2.75) is 19.3 Å². The highest BCUT2D eigenvalue weighted by molar-refractivity contribution is 9.10. The number of anilines is 2. The molecule has 1 aliphatic heterocycles. The van der Waals surface area contributed by atoms with E-state index in [-0.39, 0.29) is 5.91 Å². The molecule has 1 aromatic carbocycles. The highest BCUT2D eigenvalue weighted by Crippen LogP contribution is 2.22. The van der Waals surface area contributed by atoms with E-state index in [9.17, 15) is 4.79 Å². The molecule has 0 aromatic heterocycles. The molecule has 98 valence electrons. The molecule has 1 aromatic rings. The highest BCUT2D eigenvalue weighted by Gasteiger charge is 2.16. The standard InChI is InChI=1S/C13H18BrN3O/c14-10-3-4-12(11(15)9-10)16-6-5-13(18)17-7-1-2-8-17/h3-4,9,16H,1-2,5-8,15H2. The van der Waals surface area contributed by atoms with Gasteiger partial charge in [0.25, 0.3) is 0 Å². The lowest BCUT2D eigenvalue weighted by Crippen LogP contribution is -2.29. The van der Waals surface area contributed by atoms with E-state index >= 15 is 0 Å². The number of benzene rings is 1. The van der Waals surface area contributed by atoms with Gasteiger partial charge in [0.05, 0.1) is 11.4 Å². The van der Waals surface area contributed by atoms with Crippen LogP contribution in [0, 0.1) is 0 Å². The monoisotopic (exact) mass is 311 g/mol. The first-order chi connectivity index (χ1) is 8.66.